The number of nitrogens with zero attached hydrogens (tertiary/aromatic N) is 2. The van der Waals surface area contributed by atoms with Crippen LogP contribution in [0.15, 0.2) is 35.5 Å². The second-order valence-corrected chi connectivity index (χ2v) is 8.42. The standard InChI is InChI=1S/C21H30N4OS.HI/c1-15-6-8-17(9-7-15)20-18(5-4-12-26-20)14-25-21(22-3)23-11-10-19-24-13-16(2)27-19;/h6-9,13,18,20H,4-5,10-12,14H2,1-3H3,(H2,22,23,25);1H. The van der Waals surface area contributed by atoms with Gasteiger partial charge in [-0.2, -0.15) is 0 Å². The summed E-state index contributed by atoms with van der Waals surface area (Å²) in [5, 5.41) is 8.04. The molecule has 7 heteroatoms. The van der Waals surface area contributed by atoms with E-state index < -0.39 is 0 Å². The van der Waals surface area contributed by atoms with Gasteiger partial charge in [-0.1, -0.05) is 29.8 Å². The summed E-state index contributed by atoms with van der Waals surface area (Å²) in [7, 11) is 1.82. The first kappa shape index (κ1) is 23.1. The van der Waals surface area contributed by atoms with E-state index in [4.69, 9.17) is 4.74 Å². The summed E-state index contributed by atoms with van der Waals surface area (Å²) in [5.74, 6) is 1.29. The molecule has 1 saturated heterocycles. The highest BCUT2D eigenvalue weighted by Crippen LogP contribution is 2.33. The molecule has 0 aliphatic carbocycles. The first-order valence-electron chi connectivity index (χ1n) is 9.69. The number of benzene rings is 1. The number of aromatic nitrogens is 1. The van der Waals surface area contributed by atoms with E-state index in [0.717, 1.165) is 43.5 Å². The predicted octanol–water partition coefficient (Wildman–Crippen LogP) is 4.25. The van der Waals surface area contributed by atoms with Gasteiger partial charge in [0.25, 0.3) is 0 Å². The monoisotopic (exact) mass is 514 g/mol. The maximum atomic E-state index is 6.12. The van der Waals surface area contributed by atoms with Crippen molar-refractivity contribution in [2.45, 2.75) is 39.2 Å². The Hall–Kier alpha value is -1.19. The Labute approximate surface area is 189 Å². The molecule has 1 aromatic heterocycles. The number of guanidine groups is 1. The number of ether oxygens (including phenoxy) is 1. The van der Waals surface area contributed by atoms with Crippen molar-refractivity contribution in [3.8, 4) is 0 Å². The Kier molecular flexibility index (Phi) is 9.67. The number of nitrogens with one attached hydrogen (secondary N) is 2. The van der Waals surface area contributed by atoms with Crippen LogP contribution >= 0.6 is 35.3 Å². The van der Waals surface area contributed by atoms with Crippen LogP contribution in [0.1, 0.15) is 40.0 Å². The van der Waals surface area contributed by atoms with Gasteiger partial charge in [0.2, 0.25) is 0 Å². The lowest BCUT2D eigenvalue weighted by atomic mass is 9.89. The van der Waals surface area contributed by atoms with Crippen LogP contribution < -0.4 is 10.6 Å². The third-order valence-corrected chi connectivity index (χ3v) is 5.88. The molecule has 1 aliphatic rings. The summed E-state index contributed by atoms with van der Waals surface area (Å²) in [6.45, 7) is 6.73. The normalized spacial score (nSPS) is 19.8. The van der Waals surface area contributed by atoms with E-state index in [9.17, 15) is 0 Å². The van der Waals surface area contributed by atoms with Gasteiger partial charge >= 0.3 is 0 Å². The topological polar surface area (TPSA) is 58.5 Å². The highest BCUT2D eigenvalue weighted by atomic mass is 127. The largest absolute Gasteiger partial charge is 0.373 e. The zero-order chi connectivity index (χ0) is 19.1. The second-order valence-electron chi connectivity index (χ2n) is 7.10. The van der Waals surface area contributed by atoms with Gasteiger partial charge in [0, 0.05) is 50.2 Å². The SMILES string of the molecule is CN=C(NCCc1ncc(C)s1)NCC1CCCOC1c1ccc(C)cc1.I. The van der Waals surface area contributed by atoms with Crippen molar-refractivity contribution in [2.75, 3.05) is 26.7 Å². The van der Waals surface area contributed by atoms with Crippen LogP contribution in [0.3, 0.4) is 0 Å². The van der Waals surface area contributed by atoms with Crippen molar-refractivity contribution in [2.24, 2.45) is 10.9 Å². The van der Waals surface area contributed by atoms with Crippen LogP contribution in [0.2, 0.25) is 0 Å². The lowest BCUT2D eigenvalue weighted by Gasteiger charge is -2.32. The van der Waals surface area contributed by atoms with E-state index in [0.29, 0.717) is 5.92 Å². The number of aliphatic imine (C=N–C) groups is 1. The molecule has 0 saturated carbocycles. The van der Waals surface area contributed by atoms with Crippen molar-refractivity contribution in [3.63, 3.8) is 0 Å². The number of thiazole rings is 1. The summed E-state index contributed by atoms with van der Waals surface area (Å²) in [4.78, 5) is 10.0. The first-order valence-corrected chi connectivity index (χ1v) is 10.5. The van der Waals surface area contributed by atoms with E-state index in [1.54, 1.807) is 11.3 Å². The van der Waals surface area contributed by atoms with E-state index >= 15 is 0 Å². The molecule has 0 spiro atoms. The van der Waals surface area contributed by atoms with E-state index in [-0.39, 0.29) is 30.1 Å². The fourth-order valence-electron chi connectivity index (χ4n) is 3.43. The smallest absolute Gasteiger partial charge is 0.191 e. The van der Waals surface area contributed by atoms with Crippen molar-refractivity contribution in [1.82, 2.24) is 15.6 Å². The molecule has 2 N–H and O–H groups in total. The van der Waals surface area contributed by atoms with Gasteiger partial charge in [0.15, 0.2) is 5.96 Å². The summed E-state index contributed by atoms with van der Waals surface area (Å²) in [6.07, 6.45) is 5.28. The van der Waals surface area contributed by atoms with Gasteiger partial charge in [-0.25, -0.2) is 4.98 Å². The Morgan fingerprint density at radius 3 is 2.71 bits per heavy atom. The molecule has 28 heavy (non-hydrogen) atoms. The van der Waals surface area contributed by atoms with Crippen LogP contribution in [-0.4, -0.2) is 37.7 Å². The Morgan fingerprint density at radius 1 is 1.25 bits per heavy atom. The third kappa shape index (κ3) is 6.70. The molecule has 2 unspecified atom stereocenters. The van der Waals surface area contributed by atoms with Crippen LogP contribution in [0, 0.1) is 19.8 Å². The molecule has 1 aromatic carbocycles. The van der Waals surface area contributed by atoms with Crippen LogP contribution in [0.5, 0.6) is 0 Å². The van der Waals surface area contributed by atoms with Gasteiger partial charge in [0.1, 0.15) is 0 Å². The molecule has 2 atom stereocenters. The highest BCUT2D eigenvalue weighted by molar-refractivity contribution is 14.0. The molecular formula is C21H31IN4OS. The van der Waals surface area contributed by atoms with Crippen molar-refractivity contribution in [3.05, 3.63) is 51.5 Å². The minimum absolute atomic E-state index is 0. The average molecular weight is 514 g/mol. The molecule has 2 aromatic rings. The van der Waals surface area contributed by atoms with Gasteiger partial charge in [0.05, 0.1) is 11.1 Å². The number of hydrogen-bond donors (Lipinski definition) is 2. The average Bonchev–Trinajstić information content (AvgIpc) is 3.10. The molecule has 2 heterocycles. The molecule has 0 bridgehead atoms. The highest BCUT2D eigenvalue weighted by Gasteiger charge is 2.27. The van der Waals surface area contributed by atoms with Crippen molar-refractivity contribution < 1.29 is 4.74 Å². The zero-order valence-corrected chi connectivity index (χ0v) is 20.1. The van der Waals surface area contributed by atoms with Crippen LogP contribution in [0.4, 0.5) is 0 Å². The van der Waals surface area contributed by atoms with Gasteiger partial charge in [-0.3, -0.25) is 4.99 Å². The summed E-state index contributed by atoms with van der Waals surface area (Å²) in [6, 6.07) is 8.72. The number of hydrogen-bond acceptors (Lipinski definition) is 4. The quantitative estimate of drug-likeness (QED) is 0.344. The molecule has 1 aliphatic heterocycles. The fraction of sp³-hybridized carbons (Fsp3) is 0.524. The maximum absolute atomic E-state index is 6.12. The molecule has 3 rings (SSSR count). The summed E-state index contributed by atoms with van der Waals surface area (Å²) < 4.78 is 6.12. The zero-order valence-electron chi connectivity index (χ0n) is 16.9. The Balaban J connectivity index is 0.00000280. The molecule has 154 valence electrons. The molecule has 0 amide bonds. The van der Waals surface area contributed by atoms with Crippen molar-refractivity contribution >= 4 is 41.3 Å². The van der Waals surface area contributed by atoms with Crippen LogP contribution in [-0.2, 0) is 11.2 Å². The molecule has 5 nitrogen and oxygen atoms in total. The lowest BCUT2D eigenvalue weighted by Crippen LogP contribution is -2.42. The van der Waals surface area contributed by atoms with E-state index in [1.807, 2.05) is 13.2 Å². The van der Waals surface area contributed by atoms with Gasteiger partial charge < -0.3 is 15.4 Å². The van der Waals surface area contributed by atoms with Crippen molar-refractivity contribution in [1.29, 1.82) is 0 Å². The minimum Gasteiger partial charge on any atom is -0.373 e. The number of halogens is 1. The van der Waals surface area contributed by atoms with Gasteiger partial charge in [-0.05, 0) is 32.3 Å². The minimum atomic E-state index is 0. The molecular weight excluding hydrogens is 483 g/mol. The third-order valence-electron chi connectivity index (χ3n) is 4.91. The Morgan fingerprint density at radius 2 is 2.04 bits per heavy atom. The Bertz CT molecular complexity index is 747. The number of aryl methyl sites for hydroxylation is 2. The summed E-state index contributed by atoms with van der Waals surface area (Å²) in [5.41, 5.74) is 2.55. The maximum Gasteiger partial charge on any atom is 0.191 e. The molecule has 1 fully saturated rings. The second kappa shape index (κ2) is 11.7. The molecule has 0 radical (unpaired) electrons. The van der Waals surface area contributed by atoms with E-state index in [2.05, 4.69) is 58.7 Å². The van der Waals surface area contributed by atoms with Crippen LogP contribution in [0.25, 0.3) is 0 Å². The number of rotatable bonds is 6. The summed E-state index contributed by atoms with van der Waals surface area (Å²) >= 11 is 1.75. The fourth-order valence-corrected chi connectivity index (χ4v) is 4.22. The first-order chi connectivity index (χ1) is 13.2. The lowest BCUT2D eigenvalue weighted by molar-refractivity contribution is -0.0265. The van der Waals surface area contributed by atoms with E-state index in [1.165, 1.54) is 22.4 Å². The predicted molar refractivity (Wildman–Crippen MR) is 128 cm³/mol. The van der Waals surface area contributed by atoms with Gasteiger partial charge in [-0.15, -0.1) is 35.3 Å².